The highest BCUT2D eigenvalue weighted by molar-refractivity contribution is 6.04. The zero-order valence-electron chi connectivity index (χ0n) is 14.8. The molecule has 2 aliphatic carbocycles. The van der Waals surface area contributed by atoms with Crippen LogP contribution in [0.4, 0.5) is 10.1 Å². The number of carbonyl (C=O) groups is 1. The number of allylic oxidation sites excluding steroid dienone is 2. The van der Waals surface area contributed by atoms with E-state index in [-0.39, 0.29) is 29.5 Å². The third-order valence-electron chi connectivity index (χ3n) is 5.49. The van der Waals surface area contributed by atoms with Gasteiger partial charge in [0, 0.05) is 34.2 Å². The van der Waals surface area contributed by atoms with Crippen LogP contribution in [0.1, 0.15) is 39.7 Å². The van der Waals surface area contributed by atoms with Gasteiger partial charge in [0.05, 0.1) is 5.69 Å². The molecule has 0 spiro atoms. The van der Waals surface area contributed by atoms with Crippen molar-refractivity contribution in [3.05, 3.63) is 83.2 Å². The van der Waals surface area contributed by atoms with Gasteiger partial charge >= 0.3 is 0 Å². The largest absolute Gasteiger partial charge is 0.494 e. The lowest BCUT2D eigenvalue weighted by Crippen LogP contribution is -2.12. The molecule has 0 saturated heterocycles. The first-order valence-electron chi connectivity index (χ1n) is 9.05. The van der Waals surface area contributed by atoms with Gasteiger partial charge in [-0.3, -0.25) is 9.36 Å². The van der Waals surface area contributed by atoms with Crippen LogP contribution in [0.2, 0.25) is 0 Å². The summed E-state index contributed by atoms with van der Waals surface area (Å²) in [5, 5.41) is 24.0. The van der Waals surface area contributed by atoms with Gasteiger partial charge in [-0.2, -0.15) is 0 Å². The summed E-state index contributed by atoms with van der Waals surface area (Å²) in [6.07, 6.45) is 5.03. The summed E-state index contributed by atoms with van der Waals surface area (Å²) in [6.45, 7) is 0. The Balaban J connectivity index is 1.43. The Hall–Kier alpha value is -3.54. The first kappa shape index (κ1) is 16.6. The number of amides is 1. The summed E-state index contributed by atoms with van der Waals surface area (Å²) >= 11 is 0. The Labute approximate surface area is 160 Å². The highest BCUT2D eigenvalue weighted by Gasteiger charge is 2.41. The first-order chi connectivity index (χ1) is 13.5. The van der Waals surface area contributed by atoms with Gasteiger partial charge < -0.3 is 15.5 Å². The van der Waals surface area contributed by atoms with Crippen LogP contribution in [-0.4, -0.2) is 20.7 Å². The number of nitrogens with one attached hydrogen (secondary N) is 1. The average molecular weight is 376 g/mol. The van der Waals surface area contributed by atoms with Crippen molar-refractivity contribution >= 4 is 11.6 Å². The van der Waals surface area contributed by atoms with Crippen molar-refractivity contribution < 1.29 is 19.4 Å². The van der Waals surface area contributed by atoms with E-state index in [0.29, 0.717) is 16.9 Å². The molecule has 6 heteroatoms. The average Bonchev–Trinajstić information content (AvgIpc) is 3.36. The Kier molecular flexibility index (Phi) is 3.55. The zero-order chi connectivity index (χ0) is 19.4. The number of anilines is 1. The number of aromatic hydroxyl groups is 2. The summed E-state index contributed by atoms with van der Waals surface area (Å²) in [5.41, 5.74) is 2.89. The van der Waals surface area contributed by atoms with E-state index in [1.807, 2.05) is 0 Å². The molecular formula is C22H17FN2O3. The lowest BCUT2D eigenvalue weighted by Gasteiger charge is -2.11. The van der Waals surface area contributed by atoms with Gasteiger partial charge in [-0.1, -0.05) is 18.2 Å². The Morgan fingerprint density at radius 3 is 2.25 bits per heavy atom. The maximum atomic E-state index is 13.3. The van der Waals surface area contributed by atoms with E-state index >= 15 is 0 Å². The van der Waals surface area contributed by atoms with Crippen molar-refractivity contribution in [2.24, 2.45) is 0 Å². The van der Waals surface area contributed by atoms with E-state index in [1.165, 1.54) is 22.8 Å². The Morgan fingerprint density at radius 1 is 1.00 bits per heavy atom. The standard InChI is InChI=1S/C22H17FN2O3/c23-15-2-1-3-16(11-15)24-20(26)12-6-8-17(9-7-12)25-21(27)18-13-4-5-14(10-13)19(18)22(25)28/h1-9,11,13-14,27-28H,10H2,(H,24,26)/t13-,14+. The molecule has 3 aromatic rings. The molecule has 0 unspecified atom stereocenters. The molecule has 140 valence electrons. The van der Waals surface area contributed by atoms with Crippen molar-refractivity contribution in [2.75, 3.05) is 5.32 Å². The van der Waals surface area contributed by atoms with Gasteiger partial charge in [-0.15, -0.1) is 0 Å². The molecule has 2 aromatic carbocycles. The molecule has 0 fully saturated rings. The predicted octanol–water partition coefficient (Wildman–Crippen LogP) is 4.42. The number of hydrogen-bond acceptors (Lipinski definition) is 3. The van der Waals surface area contributed by atoms with Gasteiger partial charge in [0.25, 0.3) is 5.91 Å². The van der Waals surface area contributed by atoms with Gasteiger partial charge in [0.2, 0.25) is 11.8 Å². The number of rotatable bonds is 3. The van der Waals surface area contributed by atoms with E-state index in [4.69, 9.17) is 0 Å². The second-order valence-electron chi connectivity index (χ2n) is 7.15. The molecule has 0 aliphatic heterocycles. The maximum Gasteiger partial charge on any atom is 0.255 e. The normalized spacial score (nSPS) is 19.0. The van der Waals surface area contributed by atoms with Crippen LogP contribution in [0.5, 0.6) is 11.8 Å². The van der Waals surface area contributed by atoms with Gasteiger partial charge in [0.1, 0.15) is 5.82 Å². The molecule has 2 bridgehead atoms. The lowest BCUT2D eigenvalue weighted by atomic mass is 10.0. The molecule has 5 nitrogen and oxygen atoms in total. The number of nitrogens with zero attached hydrogens (tertiary/aromatic N) is 1. The van der Waals surface area contributed by atoms with Crippen molar-refractivity contribution in [1.29, 1.82) is 0 Å². The highest BCUT2D eigenvalue weighted by Crippen LogP contribution is 2.57. The zero-order valence-corrected chi connectivity index (χ0v) is 14.8. The molecule has 3 N–H and O–H groups in total. The Bertz CT molecular complexity index is 1100. The second kappa shape index (κ2) is 5.99. The number of halogens is 1. The molecule has 2 atom stereocenters. The third kappa shape index (κ3) is 2.41. The van der Waals surface area contributed by atoms with Crippen LogP contribution in [0, 0.1) is 5.82 Å². The first-order valence-corrected chi connectivity index (χ1v) is 9.05. The number of carbonyl (C=O) groups excluding carboxylic acids is 1. The molecular weight excluding hydrogens is 359 g/mol. The molecule has 1 aromatic heterocycles. The predicted molar refractivity (Wildman–Crippen MR) is 103 cm³/mol. The molecule has 2 aliphatic rings. The fourth-order valence-corrected chi connectivity index (χ4v) is 4.22. The van der Waals surface area contributed by atoms with Crippen LogP contribution in [-0.2, 0) is 0 Å². The summed E-state index contributed by atoms with van der Waals surface area (Å²) in [5.74, 6) is -0.430. The minimum atomic E-state index is -0.428. The summed E-state index contributed by atoms with van der Waals surface area (Å²) in [7, 11) is 0. The molecule has 1 amide bonds. The van der Waals surface area contributed by atoms with Crippen molar-refractivity contribution in [1.82, 2.24) is 4.57 Å². The van der Waals surface area contributed by atoms with E-state index in [9.17, 15) is 19.4 Å². The maximum absolute atomic E-state index is 13.3. The van der Waals surface area contributed by atoms with Crippen LogP contribution in [0.25, 0.3) is 5.69 Å². The van der Waals surface area contributed by atoms with Gasteiger partial charge in [-0.25, -0.2) is 4.39 Å². The molecule has 0 saturated carbocycles. The fourth-order valence-electron chi connectivity index (χ4n) is 4.22. The number of aromatic nitrogens is 1. The smallest absolute Gasteiger partial charge is 0.255 e. The van der Waals surface area contributed by atoms with Gasteiger partial charge in [0.15, 0.2) is 0 Å². The quantitative estimate of drug-likeness (QED) is 0.593. The van der Waals surface area contributed by atoms with E-state index < -0.39 is 5.82 Å². The van der Waals surface area contributed by atoms with E-state index in [1.54, 1.807) is 30.3 Å². The Morgan fingerprint density at radius 2 is 1.64 bits per heavy atom. The van der Waals surface area contributed by atoms with Crippen molar-refractivity contribution in [3.8, 4) is 17.4 Å². The molecule has 1 heterocycles. The monoisotopic (exact) mass is 376 g/mol. The number of benzene rings is 2. The topological polar surface area (TPSA) is 74.5 Å². The van der Waals surface area contributed by atoms with Crippen molar-refractivity contribution in [3.63, 3.8) is 0 Å². The molecule has 28 heavy (non-hydrogen) atoms. The third-order valence-corrected chi connectivity index (χ3v) is 5.49. The second-order valence-corrected chi connectivity index (χ2v) is 7.15. The number of fused-ring (bicyclic) bond motifs is 5. The summed E-state index contributed by atoms with van der Waals surface area (Å²) in [6, 6.07) is 12.2. The minimum absolute atomic E-state index is 0.0429. The SMILES string of the molecule is O=C(Nc1cccc(F)c1)c1ccc(-n2c(O)c3c(c2O)[C@H]2C=C[C@@H]3C2)cc1. The summed E-state index contributed by atoms with van der Waals surface area (Å²) in [4.78, 5) is 12.4. The molecule has 5 rings (SSSR count). The summed E-state index contributed by atoms with van der Waals surface area (Å²) < 4.78 is 14.7. The van der Waals surface area contributed by atoms with Gasteiger partial charge in [-0.05, 0) is 48.9 Å². The van der Waals surface area contributed by atoms with Crippen LogP contribution < -0.4 is 5.32 Å². The van der Waals surface area contributed by atoms with E-state index in [0.717, 1.165) is 17.5 Å². The fraction of sp³-hybridized carbons (Fsp3) is 0.136. The van der Waals surface area contributed by atoms with Crippen molar-refractivity contribution in [2.45, 2.75) is 18.3 Å². The minimum Gasteiger partial charge on any atom is -0.494 e. The van der Waals surface area contributed by atoms with Crippen LogP contribution >= 0.6 is 0 Å². The molecule has 0 radical (unpaired) electrons. The number of hydrogen-bond donors (Lipinski definition) is 3. The highest BCUT2D eigenvalue weighted by atomic mass is 19.1. The lowest BCUT2D eigenvalue weighted by molar-refractivity contribution is 0.102. The van der Waals surface area contributed by atoms with Crippen LogP contribution in [0.15, 0.2) is 60.7 Å². The van der Waals surface area contributed by atoms with Crippen LogP contribution in [0.3, 0.4) is 0 Å². The van der Waals surface area contributed by atoms with E-state index in [2.05, 4.69) is 17.5 Å².